The van der Waals surface area contributed by atoms with Crippen molar-refractivity contribution in [1.82, 2.24) is 15.0 Å². The van der Waals surface area contributed by atoms with Crippen LogP contribution in [-0.2, 0) is 40.3 Å². The van der Waals surface area contributed by atoms with Crippen molar-refractivity contribution < 1.29 is 50.8 Å². The SMILES string of the molecule is CC1(C)C(CC(=O)/C(=N\O[C@@H](COc2ccc3nc(CC4CC[N+](C)(C)CC4)ccc3c2)C(=O)O)c2csc(N)n2)C(=O)N1OS(=O)(=O)O. The zero-order chi connectivity index (χ0) is 35.7. The lowest BCUT2D eigenvalue weighted by molar-refractivity contribution is -0.896. The van der Waals surface area contributed by atoms with Gasteiger partial charge in [-0.25, -0.2) is 9.78 Å². The van der Waals surface area contributed by atoms with Crippen molar-refractivity contribution >= 4 is 61.1 Å². The van der Waals surface area contributed by atoms with Gasteiger partial charge >= 0.3 is 16.4 Å². The Morgan fingerprint density at radius 3 is 2.51 bits per heavy atom. The molecule has 49 heavy (non-hydrogen) atoms. The van der Waals surface area contributed by atoms with E-state index in [-0.39, 0.29) is 10.8 Å². The third-order valence-electron chi connectivity index (χ3n) is 8.91. The summed E-state index contributed by atoms with van der Waals surface area (Å²) in [7, 11) is -0.474. The third-order valence-corrected chi connectivity index (χ3v) is 9.92. The van der Waals surface area contributed by atoms with Crippen molar-refractivity contribution in [3.05, 3.63) is 47.1 Å². The Bertz CT molecular complexity index is 1880. The van der Waals surface area contributed by atoms with Crippen LogP contribution < -0.4 is 10.5 Å². The van der Waals surface area contributed by atoms with Crippen LogP contribution >= 0.6 is 11.3 Å². The van der Waals surface area contributed by atoms with E-state index in [4.69, 9.17) is 24.8 Å². The van der Waals surface area contributed by atoms with Crippen LogP contribution in [-0.4, -0.2) is 106 Å². The Morgan fingerprint density at radius 1 is 1.18 bits per heavy atom. The van der Waals surface area contributed by atoms with Gasteiger partial charge in [-0.05, 0) is 63.3 Å². The number of piperidine rings is 1. The molecule has 2 aliphatic heterocycles. The van der Waals surface area contributed by atoms with E-state index in [1.807, 2.05) is 12.1 Å². The van der Waals surface area contributed by atoms with Gasteiger partial charge in [0.15, 0.2) is 16.6 Å². The lowest BCUT2D eigenvalue weighted by Gasteiger charge is -2.50. The number of aliphatic carboxylic acids is 1. The van der Waals surface area contributed by atoms with Crippen molar-refractivity contribution in [2.45, 2.75) is 51.2 Å². The molecule has 0 aliphatic carbocycles. The molecule has 2 aromatic heterocycles. The molecule has 0 radical (unpaired) electrons. The van der Waals surface area contributed by atoms with Gasteiger partial charge in [-0.15, -0.1) is 15.6 Å². The molecule has 1 aromatic carbocycles. The molecule has 2 saturated heterocycles. The molecule has 4 N–H and O–H groups in total. The van der Waals surface area contributed by atoms with Crippen LogP contribution in [0.5, 0.6) is 5.75 Å². The average Bonchev–Trinajstić information content (AvgIpc) is 3.46. The highest BCUT2D eigenvalue weighted by atomic mass is 32.3. The zero-order valence-electron chi connectivity index (χ0n) is 27.4. The van der Waals surface area contributed by atoms with E-state index >= 15 is 0 Å². The topological polar surface area (TPSA) is 221 Å². The number of ether oxygens (including phenoxy) is 1. The number of rotatable bonds is 14. The Labute approximate surface area is 287 Å². The number of Topliss-reactive ketones (excluding diaryl/α,β-unsaturated/α-hetero) is 1. The lowest BCUT2D eigenvalue weighted by atomic mass is 9.74. The smallest absolute Gasteiger partial charge is 0.418 e. The largest absolute Gasteiger partial charge is 0.489 e. The van der Waals surface area contributed by atoms with Crippen LogP contribution in [0.2, 0.25) is 0 Å². The first kappa shape index (κ1) is 36.1. The second-order valence-corrected chi connectivity index (χ2v) is 15.3. The monoisotopic (exact) mass is 719 g/mol. The first-order valence-electron chi connectivity index (χ1n) is 15.5. The number of hydrogen-bond donors (Lipinski definition) is 3. The molecular formula is C31H39N6O10S2+. The summed E-state index contributed by atoms with van der Waals surface area (Å²) in [6.07, 6.45) is 1.11. The number of thiazole rings is 1. The van der Waals surface area contributed by atoms with Crippen molar-refractivity contribution in [2.75, 3.05) is 39.5 Å². The molecule has 2 atom stereocenters. The standard InChI is InChI=1S/C31H38N6O10S2/c1-31(2)22(28(39)36(31)47-49(42,43)44)15-25(38)27(24-17-48-30(32)34-24)35-46-26(29(40)41)16-45-21-7-8-23-19(14-21)5-6-20(33-23)13-18-9-11-37(3,4)12-10-18/h5-8,14,17-18,22,26H,9-13,15-16H2,1-4H3,(H3-,32,34,40,41,42,43,44)/p+1/b35-27-/t22?,26-/m0/s1. The number of ketones is 1. The Balaban J connectivity index is 1.24. The molecule has 18 heteroatoms. The summed E-state index contributed by atoms with van der Waals surface area (Å²) in [6.45, 7) is 4.70. The zero-order valence-corrected chi connectivity index (χ0v) is 29.1. The van der Waals surface area contributed by atoms with Gasteiger partial charge in [0.05, 0.1) is 44.2 Å². The molecular weight excluding hydrogens is 681 g/mol. The van der Waals surface area contributed by atoms with Gasteiger partial charge in [-0.2, -0.15) is 13.5 Å². The fourth-order valence-corrected chi connectivity index (χ4v) is 6.89. The van der Waals surface area contributed by atoms with Gasteiger partial charge in [0.25, 0.3) is 12.0 Å². The highest BCUT2D eigenvalue weighted by molar-refractivity contribution is 7.80. The number of carbonyl (C=O) groups excluding carboxylic acids is 2. The normalized spacial score (nSPS) is 20.1. The van der Waals surface area contributed by atoms with Crippen LogP contribution in [0.3, 0.4) is 0 Å². The minimum absolute atomic E-state index is 0.0129. The predicted octanol–water partition coefficient (Wildman–Crippen LogP) is 2.49. The van der Waals surface area contributed by atoms with E-state index in [0.717, 1.165) is 64.8 Å². The molecule has 1 amide bonds. The van der Waals surface area contributed by atoms with Gasteiger partial charge in [-0.3, -0.25) is 19.1 Å². The molecule has 0 bridgehead atoms. The Kier molecular flexibility index (Phi) is 10.3. The number of likely N-dealkylation sites (tertiary alicyclic amines) is 1. The van der Waals surface area contributed by atoms with Crippen LogP contribution in [0.4, 0.5) is 5.13 Å². The number of hydrogen-bond acceptors (Lipinski definition) is 13. The van der Waals surface area contributed by atoms with Crippen molar-refractivity contribution in [1.29, 1.82) is 0 Å². The number of nitrogens with two attached hydrogens (primary N) is 1. The Morgan fingerprint density at radius 2 is 1.90 bits per heavy atom. The van der Waals surface area contributed by atoms with Crippen molar-refractivity contribution in [3.63, 3.8) is 0 Å². The molecule has 2 fully saturated rings. The number of β-lactam (4-membered cyclic amide) rings is 1. The van der Waals surface area contributed by atoms with Gasteiger partial charge in [-0.1, -0.05) is 11.2 Å². The summed E-state index contributed by atoms with van der Waals surface area (Å²) >= 11 is 0.996. The molecule has 3 aromatic rings. The van der Waals surface area contributed by atoms with Gasteiger partial charge in [0.1, 0.15) is 18.1 Å². The summed E-state index contributed by atoms with van der Waals surface area (Å²) in [5, 5.41) is 16.4. The van der Waals surface area contributed by atoms with E-state index in [1.54, 1.807) is 18.2 Å². The highest BCUT2D eigenvalue weighted by Gasteiger charge is 2.57. The van der Waals surface area contributed by atoms with E-state index < -0.39 is 64.4 Å². The summed E-state index contributed by atoms with van der Waals surface area (Å²) in [4.78, 5) is 52.2. The number of benzene rings is 1. The van der Waals surface area contributed by atoms with E-state index in [0.29, 0.717) is 16.7 Å². The minimum Gasteiger partial charge on any atom is -0.489 e. The van der Waals surface area contributed by atoms with Gasteiger partial charge in [0, 0.05) is 22.9 Å². The summed E-state index contributed by atoms with van der Waals surface area (Å²) in [5.41, 5.74) is 5.83. The minimum atomic E-state index is -4.99. The van der Waals surface area contributed by atoms with Crippen LogP contribution in [0, 0.1) is 11.8 Å². The van der Waals surface area contributed by atoms with Crippen LogP contribution in [0.25, 0.3) is 10.9 Å². The molecule has 5 rings (SSSR count). The highest BCUT2D eigenvalue weighted by Crippen LogP contribution is 2.40. The maximum absolute atomic E-state index is 13.4. The quantitative estimate of drug-likeness (QED) is 0.0718. The number of carbonyl (C=O) groups is 3. The van der Waals surface area contributed by atoms with Crippen molar-refractivity contribution in [3.8, 4) is 5.75 Å². The van der Waals surface area contributed by atoms with E-state index in [9.17, 15) is 27.9 Å². The van der Waals surface area contributed by atoms with E-state index in [1.165, 1.54) is 19.2 Å². The number of hydroxylamine groups is 2. The molecule has 1 unspecified atom stereocenters. The number of pyridine rings is 1. The molecule has 0 saturated carbocycles. The number of nitrogens with zero attached hydrogens (tertiary/aromatic N) is 5. The predicted molar refractivity (Wildman–Crippen MR) is 178 cm³/mol. The lowest BCUT2D eigenvalue weighted by Crippen LogP contribution is -2.68. The average molecular weight is 720 g/mol. The fraction of sp³-hybridized carbons (Fsp3) is 0.484. The molecule has 0 spiro atoms. The number of aromatic nitrogens is 2. The number of oxime groups is 1. The second-order valence-electron chi connectivity index (χ2n) is 13.4. The summed E-state index contributed by atoms with van der Waals surface area (Å²) in [6, 6.07) is 9.19. The number of carboxylic acids is 1. The second kappa shape index (κ2) is 13.9. The molecule has 4 heterocycles. The van der Waals surface area contributed by atoms with Gasteiger partial charge in [0.2, 0.25) is 0 Å². The molecule has 16 nitrogen and oxygen atoms in total. The number of carboxylic acid groups (broad SMARTS) is 1. The van der Waals surface area contributed by atoms with E-state index in [2.05, 4.69) is 28.5 Å². The number of fused-ring (bicyclic) bond motifs is 1. The first-order valence-corrected chi connectivity index (χ1v) is 17.7. The number of nitrogen functional groups attached to an aromatic ring is 1. The molecule has 2 aliphatic rings. The number of anilines is 1. The fourth-order valence-electron chi connectivity index (χ4n) is 5.89. The third kappa shape index (κ3) is 8.69. The van der Waals surface area contributed by atoms with Gasteiger partial charge < -0.3 is 24.9 Å². The van der Waals surface area contributed by atoms with Crippen LogP contribution in [0.1, 0.15) is 44.5 Å². The van der Waals surface area contributed by atoms with Crippen molar-refractivity contribution in [2.24, 2.45) is 17.0 Å². The summed E-state index contributed by atoms with van der Waals surface area (Å²) < 4.78 is 42.4. The first-order chi connectivity index (χ1) is 22.9. The number of amides is 1. The maximum atomic E-state index is 13.4. The maximum Gasteiger partial charge on any atom is 0.418 e. The molecule has 264 valence electrons. The summed E-state index contributed by atoms with van der Waals surface area (Å²) in [5.74, 6) is -3.15. The number of quaternary nitrogens is 1. The van der Waals surface area contributed by atoms with Crippen LogP contribution in [0.15, 0.2) is 40.9 Å². The Hall–Kier alpha value is -4.23.